The van der Waals surface area contributed by atoms with Crippen LogP contribution >= 0.6 is 27.7 Å². The minimum Gasteiger partial charge on any atom is -0.159 e. The van der Waals surface area contributed by atoms with Crippen molar-refractivity contribution >= 4 is 27.7 Å². The number of alkyl halides is 1. The minimum atomic E-state index is 1.01. The first-order valence-corrected chi connectivity index (χ1v) is 7.78. The molecule has 0 atom stereocenters. The van der Waals surface area contributed by atoms with Crippen LogP contribution in [0.15, 0.2) is 0 Å². The molecule has 0 amide bonds. The summed E-state index contributed by atoms with van der Waals surface area (Å²) in [7, 11) is 0. The molecule has 0 aromatic heterocycles. The van der Waals surface area contributed by atoms with Gasteiger partial charge in [-0.25, -0.2) is 0 Å². The van der Waals surface area contributed by atoms with E-state index in [1.165, 1.54) is 62.4 Å². The van der Waals surface area contributed by atoms with E-state index in [1.807, 2.05) is 0 Å². The number of halogens is 1. The van der Waals surface area contributed by atoms with Crippen LogP contribution in [0.3, 0.4) is 0 Å². The fourth-order valence-electron chi connectivity index (χ4n) is 1.86. The average molecular weight is 265 g/mol. The predicted molar refractivity (Wildman–Crippen MR) is 67.0 cm³/mol. The van der Waals surface area contributed by atoms with Gasteiger partial charge in [0.2, 0.25) is 0 Å². The standard InChI is InChI=1S/C11H21BrS/c12-9-5-2-6-10-13-11-7-3-1-4-8-11/h11H,1-10H2. The first-order valence-electron chi connectivity index (χ1n) is 5.61. The topological polar surface area (TPSA) is 0 Å². The van der Waals surface area contributed by atoms with Crippen LogP contribution in [0.2, 0.25) is 0 Å². The molecule has 1 fully saturated rings. The Labute approximate surface area is 95.4 Å². The van der Waals surface area contributed by atoms with E-state index in [9.17, 15) is 0 Å². The third-order valence-corrected chi connectivity index (χ3v) is 4.71. The van der Waals surface area contributed by atoms with Crippen LogP contribution in [0.4, 0.5) is 0 Å². The van der Waals surface area contributed by atoms with Crippen molar-refractivity contribution in [3.05, 3.63) is 0 Å². The van der Waals surface area contributed by atoms with Crippen molar-refractivity contribution in [1.82, 2.24) is 0 Å². The second kappa shape index (κ2) is 8.16. The Bertz CT molecular complexity index is 111. The fourth-order valence-corrected chi connectivity index (χ4v) is 3.62. The fraction of sp³-hybridized carbons (Fsp3) is 1.00. The number of hydrogen-bond donors (Lipinski definition) is 0. The molecule has 0 radical (unpaired) electrons. The molecule has 1 rings (SSSR count). The van der Waals surface area contributed by atoms with Gasteiger partial charge in [-0.1, -0.05) is 41.6 Å². The number of unbranched alkanes of at least 4 members (excludes halogenated alkanes) is 2. The van der Waals surface area contributed by atoms with E-state index in [4.69, 9.17) is 0 Å². The summed E-state index contributed by atoms with van der Waals surface area (Å²) in [6.07, 6.45) is 11.6. The molecule has 78 valence electrons. The van der Waals surface area contributed by atoms with Gasteiger partial charge in [-0.15, -0.1) is 0 Å². The zero-order chi connectivity index (χ0) is 9.36. The average Bonchev–Trinajstić information content (AvgIpc) is 2.19. The van der Waals surface area contributed by atoms with Gasteiger partial charge in [0.1, 0.15) is 0 Å². The van der Waals surface area contributed by atoms with Crippen LogP contribution in [-0.2, 0) is 0 Å². The maximum atomic E-state index is 3.47. The SMILES string of the molecule is BrCCCCCSC1CCCCC1. The summed E-state index contributed by atoms with van der Waals surface area (Å²) >= 11 is 5.70. The predicted octanol–water partition coefficient (Wildman–Crippen LogP) is 4.62. The smallest absolute Gasteiger partial charge is 0.00470 e. The van der Waals surface area contributed by atoms with Gasteiger partial charge in [0.05, 0.1) is 0 Å². The van der Waals surface area contributed by atoms with Crippen LogP contribution in [0.5, 0.6) is 0 Å². The molecule has 13 heavy (non-hydrogen) atoms. The summed E-state index contributed by atoms with van der Waals surface area (Å²) < 4.78 is 0. The van der Waals surface area contributed by atoms with Gasteiger partial charge >= 0.3 is 0 Å². The Morgan fingerprint density at radius 2 is 1.77 bits per heavy atom. The normalized spacial score (nSPS) is 19.2. The van der Waals surface area contributed by atoms with Crippen LogP contribution < -0.4 is 0 Å². The Kier molecular flexibility index (Phi) is 7.47. The summed E-state index contributed by atoms with van der Waals surface area (Å²) in [5, 5.41) is 2.19. The molecule has 0 aliphatic heterocycles. The number of hydrogen-bond acceptors (Lipinski definition) is 1. The first kappa shape index (κ1) is 11.9. The Balaban J connectivity index is 1.86. The van der Waals surface area contributed by atoms with E-state index in [-0.39, 0.29) is 0 Å². The zero-order valence-electron chi connectivity index (χ0n) is 8.43. The van der Waals surface area contributed by atoms with Crippen molar-refractivity contribution in [2.45, 2.75) is 56.6 Å². The van der Waals surface area contributed by atoms with E-state index in [0.29, 0.717) is 0 Å². The third kappa shape index (κ3) is 6.01. The van der Waals surface area contributed by atoms with Crippen LogP contribution in [-0.4, -0.2) is 16.3 Å². The molecule has 0 N–H and O–H groups in total. The molecule has 0 spiro atoms. The Hall–Kier alpha value is 0.830. The molecular weight excluding hydrogens is 244 g/mol. The van der Waals surface area contributed by atoms with Gasteiger partial charge < -0.3 is 0 Å². The highest BCUT2D eigenvalue weighted by Gasteiger charge is 2.12. The van der Waals surface area contributed by atoms with Crippen molar-refractivity contribution in [3.8, 4) is 0 Å². The highest BCUT2D eigenvalue weighted by Crippen LogP contribution is 2.28. The summed E-state index contributed by atoms with van der Waals surface area (Å²) in [5.41, 5.74) is 0. The molecule has 1 aliphatic rings. The molecular formula is C11H21BrS. The maximum Gasteiger partial charge on any atom is 0.00470 e. The van der Waals surface area contributed by atoms with Crippen LogP contribution in [0, 0.1) is 0 Å². The van der Waals surface area contributed by atoms with Gasteiger partial charge in [0.25, 0.3) is 0 Å². The van der Waals surface area contributed by atoms with Crippen molar-refractivity contribution in [2.24, 2.45) is 0 Å². The van der Waals surface area contributed by atoms with E-state index >= 15 is 0 Å². The third-order valence-electron chi connectivity index (χ3n) is 2.68. The largest absolute Gasteiger partial charge is 0.159 e. The Morgan fingerprint density at radius 1 is 1.00 bits per heavy atom. The van der Waals surface area contributed by atoms with Gasteiger partial charge in [-0.05, 0) is 31.4 Å². The van der Waals surface area contributed by atoms with E-state index in [2.05, 4.69) is 27.7 Å². The molecule has 0 bridgehead atoms. The number of thioether (sulfide) groups is 1. The van der Waals surface area contributed by atoms with Gasteiger partial charge in [0, 0.05) is 10.6 Å². The molecule has 2 heteroatoms. The Morgan fingerprint density at radius 3 is 2.46 bits per heavy atom. The summed E-state index contributed by atoms with van der Waals surface area (Å²) in [6, 6.07) is 0. The van der Waals surface area contributed by atoms with Gasteiger partial charge in [-0.2, -0.15) is 11.8 Å². The second-order valence-electron chi connectivity index (χ2n) is 3.88. The lowest BCUT2D eigenvalue weighted by Gasteiger charge is -2.20. The van der Waals surface area contributed by atoms with E-state index < -0.39 is 0 Å². The number of rotatable bonds is 6. The molecule has 0 aromatic rings. The molecule has 0 nitrogen and oxygen atoms in total. The summed E-state index contributed by atoms with van der Waals surface area (Å²) in [5.74, 6) is 1.40. The molecule has 1 aliphatic carbocycles. The molecule has 0 aromatic carbocycles. The lowest BCUT2D eigenvalue weighted by atomic mass is 10.0. The van der Waals surface area contributed by atoms with Crippen molar-refractivity contribution in [1.29, 1.82) is 0 Å². The minimum absolute atomic E-state index is 1.01. The lowest BCUT2D eigenvalue weighted by Crippen LogP contribution is -2.08. The second-order valence-corrected chi connectivity index (χ2v) is 6.08. The van der Waals surface area contributed by atoms with E-state index in [0.717, 1.165) is 5.25 Å². The van der Waals surface area contributed by atoms with Crippen molar-refractivity contribution in [3.63, 3.8) is 0 Å². The van der Waals surface area contributed by atoms with E-state index in [1.54, 1.807) is 0 Å². The van der Waals surface area contributed by atoms with Gasteiger partial charge in [-0.3, -0.25) is 0 Å². The molecule has 1 saturated carbocycles. The lowest BCUT2D eigenvalue weighted by molar-refractivity contribution is 0.516. The molecule has 0 saturated heterocycles. The zero-order valence-corrected chi connectivity index (χ0v) is 10.8. The quantitative estimate of drug-likeness (QED) is 0.499. The maximum absolute atomic E-state index is 3.47. The highest BCUT2D eigenvalue weighted by atomic mass is 79.9. The van der Waals surface area contributed by atoms with Gasteiger partial charge in [0.15, 0.2) is 0 Å². The first-order chi connectivity index (χ1) is 6.43. The summed E-state index contributed by atoms with van der Waals surface area (Å²) in [4.78, 5) is 0. The highest BCUT2D eigenvalue weighted by molar-refractivity contribution is 9.09. The summed E-state index contributed by atoms with van der Waals surface area (Å²) in [6.45, 7) is 0. The van der Waals surface area contributed by atoms with Crippen molar-refractivity contribution < 1.29 is 0 Å². The molecule has 0 heterocycles. The van der Waals surface area contributed by atoms with Crippen LogP contribution in [0.1, 0.15) is 51.4 Å². The van der Waals surface area contributed by atoms with Crippen LogP contribution in [0.25, 0.3) is 0 Å². The monoisotopic (exact) mass is 264 g/mol. The van der Waals surface area contributed by atoms with Crippen molar-refractivity contribution in [2.75, 3.05) is 11.1 Å². The molecule has 0 unspecified atom stereocenters.